The topological polar surface area (TPSA) is 49.8 Å². The van der Waals surface area contributed by atoms with E-state index in [0.717, 1.165) is 35.3 Å². The van der Waals surface area contributed by atoms with E-state index < -0.39 is 5.97 Å². The molecule has 0 aliphatic heterocycles. The highest BCUT2D eigenvalue weighted by Crippen LogP contribution is 2.23. The number of benzene rings is 1. The molecule has 0 aliphatic carbocycles. The normalized spacial score (nSPS) is 12.8. The number of thioether (sulfide) groups is 1. The summed E-state index contributed by atoms with van der Waals surface area (Å²) in [6.07, 6.45) is 4.84. The van der Waals surface area contributed by atoms with Gasteiger partial charge in [0.2, 0.25) is 0 Å². The van der Waals surface area contributed by atoms with Crippen molar-refractivity contribution in [1.82, 2.24) is 4.90 Å². The van der Waals surface area contributed by atoms with E-state index in [1.54, 1.807) is 13.2 Å². The summed E-state index contributed by atoms with van der Waals surface area (Å²) in [5, 5.41) is 8.70. The Morgan fingerprint density at radius 2 is 2.24 bits per heavy atom. The third kappa shape index (κ3) is 5.81. The van der Waals surface area contributed by atoms with Crippen LogP contribution in [0.4, 0.5) is 0 Å². The first kappa shape index (κ1) is 17.6. The van der Waals surface area contributed by atoms with Gasteiger partial charge in [-0.1, -0.05) is 6.07 Å². The van der Waals surface area contributed by atoms with Gasteiger partial charge in [-0.2, -0.15) is 11.8 Å². The molecule has 0 aromatic heterocycles. The molecule has 0 bridgehead atoms. The average Bonchev–Trinajstić information content (AvgIpc) is 2.45. The number of aliphatic carboxylic acids is 1. The standard InChI is InChI=1S/C16H23NO3S/c1-12(11-21-4)17(2)10-14-9-13(6-8-16(18)19)5-7-15(14)20-3/h5-9,12H,10-11H2,1-4H3,(H,18,19)/b8-6+. The number of nitrogens with zero attached hydrogens (tertiary/aromatic N) is 1. The monoisotopic (exact) mass is 309 g/mol. The molecular weight excluding hydrogens is 286 g/mol. The highest BCUT2D eigenvalue weighted by atomic mass is 32.2. The van der Waals surface area contributed by atoms with E-state index in [2.05, 4.69) is 25.1 Å². The lowest BCUT2D eigenvalue weighted by molar-refractivity contribution is -0.131. The Bertz CT molecular complexity index is 502. The molecule has 0 spiro atoms. The van der Waals surface area contributed by atoms with Gasteiger partial charge in [0.15, 0.2) is 0 Å². The number of carboxylic acids is 1. The minimum absolute atomic E-state index is 0.461. The Balaban J connectivity index is 2.92. The molecule has 0 aliphatic rings. The zero-order valence-corrected chi connectivity index (χ0v) is 13.8. The van der Waals surface area contributed by atoms with Gasteiger partial charge in [-0.3, -0.25) is 4.90 Å². The van der Waals surface area contributed by atoms with Gasteiger partial charge in [0.05, 0.1) is 7.11 Å². The van der Waals surface area contributed by atoms with Crippen LogP contribution in [0.15, 0.2) is 24.3 Å². The van der Waals surface area contributed by atoms with Gasteiger partial charge in [-0.15, -0.1) is 0 Å². The molecule has 0 saturated heterocycles. The van der Waals surface area contributed by atoms with Crippen LogP contribution in [0.2, 0.25) is 0 Å². The van der Waals surface area contributed by atoms with Crippen molar-refractivity contribution in [2.75, 3.05) is 26.2 Å². The largest absolute Gasteiger partial charge is 0.496 e. The molecule has 1 N–H and O–H groups in total. The number of ether oxygens (including phenoxy) is 1. The molecule has 0 saturated carbocycles. The van der Waals surface area contributed by atoms with Crippen molar-refractivity contribution in [2.45, 2.75) is 19.5 Å². The molecule has 0 heterocycles. The lowest BCUT2D eigenvalue weighted by atomic mass is 10.1. The molecule has 116 valence electrons. The number of carboxylic acid groups (broad SMARTS) is 1. The molecule has 0 fully saturated rings. The summed E-state index contributed by atoms with van der Waals surface area (Å²) >= 11 is 1.82. The van der Waals surface area contributed by atoms with Crippen LogP contribution < -0.4 is 4.74 Å². The number of rotatable bonds is 8. The number of hydrogen-bond donors (Lipinski definition) is 1. The first-order valence-electron chi connectivity index (χ1n) is 6.75. The summed E-state index contributed by atoms with van der Waals surface area (Å²) in [6.45, 7) is 2.96. The second-order valence-electron chi connectivity index (χ2n) is 4.96. The minimum atomic E-state index is -0.946. The Hall–Kier alpha value is -1.46. The van der Waals surface area contributed by atoms with E-state index in [-0.39, 0.29) is 0 Å². The Labute approximate surface area is 130 Å². The van der Waals surface area contributed by atoms with Crippen molar-refractivity contribution in [3.63, 3.8) is 0 Å². The third-order valence-electron chi connectivity index (χ3n) is 3.30. The van der Waals surface area contributed by atoms with Gasteiger partial charge in [0.1, 0.15) is 5.75 Å². The Morgan fingerprint density at radius 3 is 2.81 bits per heavy atom. The van der Waals surface area contributed by atoms with Gasteiger partial charge >= 0.3 is 5.97 Å². The van der Waals surface area contributed by atoms with Gasteiger partial charge in [0.25, 0.3) is 0 Å². The molecule has 1 aromatic carbocycles. The van der Waals surface area contributed by atoms with Crippen molar-refractivity contribution < 1.29 is 14.6 Å². The summed E-state index contributed by atoms with van der Waals surface area (Å²) in [5.74, 6) is 0.945. The maximum atomic E-state index is 10.6. The fourth-order valence-corrected chi connectivity index (χ4v) is 2.72. The first-order valence-corrected chi connectivity index (χ1v) is 8.14. The van der Waals surface area contributed by atoms with Crippen molar-refractivity contribution in [2.24, 2.45) is 0 Å². The quantitative estimate of drug-likeness (QED) is 0.748. The highest BCUT2D eigenvalue weighted by molar-refractivity contribution is 7.98. The van der Waals surface area contributed by atoms with Gasteiger partial charge in [0, 0.05) is 30.0 Å². The van der Waals surface area contributed by atoms with Crippen LogP contribution in [0.3, 0.4) is 0 Å². The maximum absolute atomic E-state index is 10.6. The fourth-order valence-electron chi connectivity index (χ4n) is 1.99. The lowest BCUT2D eigenvalue weighted by Gasteiger charge is -2.25. The molecule has 0 amide bonds. The molecule has 1 unspecified atom stereocenters. The number of hydrogen-bond acceptors (Lipinski definition) is 4. The molecule has 1 rings (SSSR count). The zero-order chi connectivity index (χ0) is 15.8. The second-order valence-corrected chi connectivity index (χ2v) is 5.87. The summed E-state index contributed by atoms with van der Waals surface area (Å²) in [7, 11) is 3.73. The van der Waals surface area contributed by atoms with E-state index >= 15 is 0 Å². The molecular formula is C16H23NO3S. The van der Waals surface area contributed by atoms with Crippen LogP contribution in [-0.2, 0) is 11.3 Å². The summed E-state index contributed by atoms with van der Waals surface area (Å²) in [5.41, 5.74) is 1.92. The van der Waals surface area contributed by atoms with E-state index in [9.17, 15) is 4.79 Å². The second kappa shape index (κ2) is 8.74. The lowest BCUT2D eigenvalue weighted by Crippen LogP contribution is -2.30. The summed E-state index contributed by atoms with van der Waals surface area (Å²) < 4.78 is 5.39. The minimum Gasteiger partial charge on any atom is -0.496 e. The Morgan fingerprint density at radius 1 is 1.52 bits per heavy atom. The smallest absolute Gasteiger partial charge is 0.328 e. The zero-order valence-electron chi connectivity index (χ0n) is 13.0. The maximum Gasteiger partial charge on any atom is 0.328 e. The van der Waals surface area contributed by atoms with E-state index in [4.69, 9.17) is 9.84 Å². The molecule has 4 nitrogen and oxygen atoms in total. The van der Waals surface area contributed by atoms with Crippen LogP contribution in [0.5, 0.6) is 5.75 Å². The van der Waals surface area contributed by atoms with Crippen LogP contribution in [0.25, 0.3) is 6.08 Å². The molecule has 5 heteroatoms. The molecule has 1 atom stereocenters. The average molecular weight is 309 g/mol. The fraction of sp³-hybridized carbons (Fsp3) is 0.438. The van der Waals surface area contributed by atoms with Crippen LogP contribution in [-0.4, -0.2) is 48.2 Å². The van der Waals surface area contributed by atoms with Crippen molar-refractivity contribution >= 4 is 23.8 Å². The van der Waals surface area contributed by atoms with Crippen molar-refractivity contribution in [3.8, 4) is 5.75 Å². The third-order valence-corrected chi connectivity index (χ3v) is 4.12. The van der Waals surface area contributed by atoms with Crippen LogP contribution in [0, 0.1) is 0 Å². The van der Waals surface area contributed by atoms with Gasteiger partial charge in [-0.25, -0.2) is 4.79 Å². The Kier molecular flexibility index (Phi) is 7.32. The van der Waals surface area contributed by atoms with E-state index in [0.29, 0.717) is 6.04 Å². The summed E-state index contributed by atoms with van der Waals surface area (Å²) in [6, 6.07) is 6.17. The number of carbonyl (C=O) groups is 1. The van der Waals surface area contributed by atoms with Gasteiger partial charge in [-0.05, 0) is 44.0 Å². The predicted octanol–water partition coefficient (Wildman–Crippen LogP) is 2.98. The van der Waals surface area contributed by atoms with Crippen molar-refractivity contribution in [1.29, 1.82) is 0 Å². The predicted molar refractivity (Wildman–Crippen MR) is 89.0 cm³/mol. The van der Waals surface area contributed by atoms with E-state index in [1.165, 1.54) is 0 Å². The number of methoxy groups -OCH3 is 1. The van der Waals surface area contributed by atoms with Crippen LogP contribution in [0.1, 0.15) is 18.1 Å². The van der Waals surface area contributed by atoms with Crippen molar-refractivity contribution in [3.05, 3.63) is 35.4 Å². The summed E-state index contributed by atoms with van der Waals surface area (Å²) in [4.78, 5) is 12.9. The molecule has 21 heavy (non-hydrogen) atoms. The SMILES string of the molecule is COc1ccc(/C=C/C(=O)O)cc1CN(C)C(C)CSC. The highest BCUT2D eigenvalue weighted by Gasteiger charge is 2.12. The molecule has 0 radical (unpaired) electrons. The van der Waals surface area contributed by atoms with Crippen LogP contribution >= 0.6 is 11.8 Å². The van der Waals surface area contributed by atoms with Gasteiger partial charge < -0.3 is 9.84 Å². The molecule has 1 aromatic rings. The van der Waals surface area contributed by atoms with E-state index in [1.807, 2.05) is 30.0 Å². The first-order chi connectivity index (χ1) is 9.97.